The van der Waals surface area contributed by atoms with Gasteiger partial charge in [-0.2, -0.15) is 0 Å². The SMILES string of the molecule is C=CCSc1ccccc1NC(=O)Cc1ccccc1F. The largest absolute Gasteiger partial charge is 0.325 e. The molecule has 21 heavy (non-hydrogen) atoms. The van der Waals surface area contributed by atoms with Crippen molar-refractivity contribution in [2.45, 2.75) is 11.3 Å². The maximum absolute atomic E-state index is 13.5. The van der Waals surface area contributed by atoms with Crippen molar-refractivity contribution in [3.05, 3.63) is 72.6 Å². The molecule has 0 aliphatic heterocycles. The molecule has 1 N–H and O–H groups in total. The van der Waals surface area contributed by atoms with E-state index in [4.69, 9.17) is 0 Å². The zero-order valence-corrected chi connectivity index (χ0v) is 12.3. The normalized spacial score (nSPS) is 10.1. The third-order valence-corrected chi connectivity index (χ3v) is 3.90. The van der Waals surface area contributed by atoms with Crippen molar-refractivity contribution in [1.82, 2.24) is 0 Å². The molecule has 0 saturated carbocycles. The molecule has 0 unspecified atom stereocenters. The number of halogens is 1. The van der Waals surface area contributed by atoms with E-state index in [2.05, 4.69) is 11.9 Å². The molecule has 2 aromatic rings. The van der Waals surface area contributed by atoms with E-state index in [9.17, 15) is 9.18 Å². The van der Waals surface area contributed by atoms with E-state index in [0.717, 1.165) is 16.3 Å². The molecule has 0 radical (unpaired) electrons. The Bertz CT molecular complexity index is 642. The van der Waals surface area contributed by atoms with E-state index < -0.39 is 0 Å². The second-order valence-electron chi connectivity index (χ2n) is 4.41. The van der Waals surface area contributed by atoms with Crippen LogP contribution < -0.4 is 5.32 Å². The molecule has 2 aromatic carbocycles. The Morgan fingerprint density at radius 1 is 1.19 bits per heavy atom. The highest BCUT2D eigenvalue weighted by atomic mass is 32.2. The topological polar surface area (TPSA) is 29.1 Å². The van der Waals surface area contributed by atoms with Crippen LogP contribution in [0.4, 0.5) is 10.1 Å². The summed E-state index contributed by atoms with van der Waals surface area (Å²) in [6.07, 6.45) is 1.83. The summed E-state index contributed by atoms with van der Waals surface area (Å²) < 4.78 is 13.5. The Balaban J connectivity index is 2.06. The second-order valence-corrected chi connectivity index (χ2v) is 5.47. The van der Waals surface area contributed by atoms with Crippen molar-refractivity contribution in [1.29, 1.82) is 0 Å². The number of nitrogens with one attached hydrogen (secondary N) is 1. The van der Waals surface area contributed by atoms with Crippen LogP contribution in [0.15, 0.2) is 66.1 Å². The lowest BCUT2D eigenvalue weighted by molar-refractivity contribution is -0.115. The number of para-hydroxylation sites is 1. The number of thioether (sulfide) groups is 1. The molecule has 0 heterocycles. The van der Waals surface area contributed by atoms with Crippen LogP contribution in [0.2, 0.25) is 0 Å². The first kappa shape index (κ1) is 15.3. The summed E-state index contributed by atoms with van der Waals surface area (Å²) in [4.78, 5) is 13.0. The molecule has 0 fully saturated rings. The first-order chi connectivity index (χ1) is 10.2. The lowest BCUT2D eigenvalue weighted by Crippen LogP contribution is -2.15. The van der Waals surface area contributed by atoms with Crippen molar-refractivity contribution in [2.75, 3.05) is 11.1 Å². The first-order valence-corrected chi connectivity index (χ1v) is 7.55. The zero-order valence-electron chi connectivity index (χ0n) is 11.5. The molecule has 2 rings (SSSR count). The van der Waals surface area contributed by atoms with Gasteiger partial charge in [-0.1, -0.05) is 36.4 Å². The van der Waals surface area contributed by atoms with Gasteiger partial charge in [-0.3, -0.25) is 4.79 Å². The highest BCUT2D eigenvalue weighted by Gasteiger charge is 2.10. The molecule has 0 aliphatic carbocycles. The van der Waals surface area contributed by atoms with Crippen LogP contribution in [0.1, 0.15) is 5.56 Å². The van der Waals surface area contributed by atoms with Gasteiger partial charge < -0.3 is 5.32 Å². The second kappa shape index (κ2) is 7.64. The van der Waals surface area contributed by atoms with Crippen molar-refractivity contribution in [3.8, 4) is 0 Å². The summed E-state index contributed by atoms with van der Waals surface area (Å²) in [6.45, 7) is 3.68. The lowest BCUT2D eigenvalue weighted by atomic mass is 10.1. The maximum Gasteiger partial charge on any atom is 0.228 e. The van der Waals surface area contributed by atoms with Gasteiger partial charge in [0.2, 0.25) is 5.91 Å². The summed E-state index contributed by atoms with van der Waals surface area (Å²) in [7, 11) is 0. The molecule has 0 saturated heterocycles. The Hall–Kier alpha value is -2.07. The van der Waals surface area contributed by atoms with Crippen molar-refractivity contribution in [3.63, 3.8) is 0 Å². The van der Waals surface area contributed by atoms with Crippen LogP contribution in [0, 0.1) is 5.82 Å². The predicted molar refractivity (Wildman–Crippen MR) is 86.1 cm³/mol. The highest BCUT2D eigenvalue weighted by molar-refractivity contribution is 7.99. The number of benzene rings is 2. The summed E-state index contributed by atoms with van der Waals surface area (Å²) in [5.74, 6) is 0.175. The van der Waals surface area contributed by atoms with Gasteiger partial charge in [-0.05, 0) is 23.8 Å². The first-order valence-electron chi connectivity index (χ1n) is 6.56. The number of hydrogen-bond donors (Lipinski definition) is 1. The summed E-state index contributed by atoms with van der Waals surface area (Å²) in [6, 6.07) is 13.9. The van der Waals surface area contributed by atoms with Gasteiger partial charge in [0, 0.05) is 10.6 Å². The molecule has 2 nitrogen and oxygen atoms in total. The van der Waals surface area contributed by atoms with Gasteiger partial charge in [-0.15, -0.1) is 18.3 Å². The van der Waals surface area contributed by atoms with Crippen molar-refractivity contribution >= 4 is 23.4 Å². The van der Waals surface area contributed by atoms with Gasteiger partial charge in [0.25, 0.3) is 0 Å². The number of hydrogen-bond acceptors (Lipinski definition) is 2. The van der Waals surface area contributed by atoms with Crippen LogP contribution in [-0.2, 0) is 11.2 Å². The molecular weight excluding hydrogens is 285 g/mol. The van der Waals surface area contributed by atoms with Gasteiger partial charge in [0.05, 0.1) is 12.1 Å². The molecule has 108 valence electrons. The summed E-state index contributed by atoms with van der Waals surface area (Å²) >= 11 is 1.59. The van der Waals surface area contributed by atoms with E-state index in [1.54, 1.807) is 30.0 Å². The molecule has 0 aliphatic rings. The zero-order chi connectivity index (χ0) is 15.1. The molecule has 4 heteroatoms. The van der Waals surface area contributed by atoms with Crippen LogP contribution in [0.25, 0.3) is 0 Å². The Morgan fingerprint density at radius 3 is 2.67 bits per heavy atom. The van der Waals surface area contributed by atoms with Crippen LogP contribution in [-0.4, -0.2) is 11.7 Å². The fraction of sp³-hybridized carbons (Fsp3) is 0.118. The third-order valence-electron chi connectivity index (χ3n) is 2.83. The molecule has 0 bridgehead atoms. The van der Waals surface area contributed by atoms with E-state index in [0.29, 0.717) is 5.56 Å². The predicted octanol–water partition coefficient (Wildman–Crippen LogP) is 4.29. The number of amides is 1. The van der Waals surface area contributed by atoms with E-state index in [1.807, 2.05) is 30.3 Å². The monoisotopic (exact) mass is 301 g/mol. The number of carbonyl (C=O) groups is 1. The highest BCUT2D eigenvalue weighted by Crippen LogP contribution is 2.27. The number of carbonyl (C=O) groups excluding carboxylic acids is 1. The Labute approximate surface area is 128 Å². The molecule has 0 spiro atoms. The third kappa shape index (κ3) is 4.46. The minimum absolute atomic E-state index is 0.0210. The van der Waals surface area contributed by atoms with Crippen molar-refractivity contribution in [2.24, 2.45) is 0 Å². The smallest absolute Gasteiger partial charge is 0.228 e. The van der Waals surface area contributed by atoms with E-state index >= 15 is 0 Å². The summed E-state index contributed by atoms with van der Waals surface area (Å²) in [5, 5.41) is 2.83. The number of anilines is 1. The van der Waals surface area contributed by atoms with Crippen LogP contribution in [0.5, 0.6) is 0 Å². The fourth-order valence-corrected chi connectivity index (χ4v) is 2.60. The number of rotatable bonds is 6. The molecular formula is C17H16FNOS. The fourth-order valence-electron chi connectivity index (χ4n) is 1.85. The Morgan fingerprint density at radius 2 is 1.90 bits per heavy atom. The standard InChI is InChI=1S/C17H16FNOS/c1-2-11-21-16-10-6-5-9-15(16)19-17(20)12-13-7-3-4-8-14(13)18/h2-10H,1,11-12H2,(H,19,20). The molecule has 1 amide bonds. The van der Waals surface area contributed by atoms with E-state index in [1.165, 1.54) is 6.07 Å². The average Bonchev–Trinajstić information content (AvgIpc) is 2.49. The molecule has 0 aromatic heterocycles. The minimum Gasteiger partial charge on any atom is -0.325 e. The average molecular weight is 301 g/mol. The summed E-state index contributed by atoms with van der Waals surface area (Å²) in [5.41, 5.74) is 1.14. The quantitative estimate of drug-likeness (QED) is 0.637. The van der Waals surface area contributed by atoms with Crippen LogP contribution >= 0.6 is 11.8 Å². The van der Waals surface area contributed by atoms with Gasteiger partial charge in [0.1, 0.15) is 5.82 Å². The van der Waals surface area contributed by atoms with Crippen molar-refractivity contribution < 1.29 is 9.18 Å². The van der Waals surface area contributed by atoms with Gasteiger partial charge in [0.15, 0.2) is 0 Å². The van der Waals surface area contributed by atoms with Crippen LogP contribution in [0.3, 0.4) is 0 Å². The maximum atomic E-state index is 13.5. The molecule has 0 atom stereocenters. The van der Waals surface area contributed by atoms with E-state index in [-0.39, 0.29) is 18.1 Å². The minimum atomic E-state index is -0.359. The van der Waals surface area contributed by atoms with Gasteiger partial charge >= 0.3 is 0 Å². The lowest BCUT2D eigenvalue weighted by Gasteiger charge is -2.10. The Kier molecular flexibility index (Phi) is 5.58. The van der Waals surface area contributed by atoms with Gasteiger partial charge in [-0.25, -0.2) is 4.39 Å².